The van der Waals surface area contributed by atoms with Crippen LogP contribution in [0.1, 0.15) is 71.6 Å². The second-order valence-electron chi connectivity index (χ2n) is 8.16. The van der Waals surface area contributed by atoms with Crippen molar-refractivity contribution in [2.45, 2.75) is 83.7 Å². The first-order chi connectivity index (χ1) is 10.1. The highest BCUT2D eigenvalue weighted by Gasteiger charge is 2.36. The number of rotatable bonds is 4. The molecule has 0 spiro atoms. The third kappa shape index (κ3) is 4.17. The molecular formula is C18H33ClN2O. The van der Waals surface area contributed by atoms with Gasteiger partial charge in [-0.2, -0.15) is 0 Å². The third-order valence-corrected chi connectivity index (χ3v) is 6.02. The van der Waals surface area contributed by atoms with E-state index in [0.29, 0.717) is 29.3 Å². The Kier molecular flexibility index (Phi) is 6.18. The zero-order valence-corrected chi connectivity index (χ0v) is 15.1. The van der Waals surface area contributed by atoms with Crippen molar-refractivity contribution >= 4 is 18.3 Å². The number of likely N-dealkylation sites (tertiary alicyclic amines) is 1. The fourth-order valence-electron chi connectivity index (χ4n) is 5.05. The quantitative estimate of drug-likeness (QED) is 0.852. The maximum absolute atomic E-state index is 12.7. The summed E-state index contributed by atoms with van der Waals surface area (Å²) in [6, 6.07) is 1.40. The van der Waals surface area contributed by atoms with E-state index in [-0.39, 0.29) is 12.4 Å². The largest absolute Gasteiger partial charge is 0.342 e. The zero-order chi connectivity index (χ0) is 14.9. The monoisotopic (exact) mass is 328 g/mol. The molecule has 0 radical (unpaired) electrons. The summed E-state index contributed by atoms with van der Waals surface area (Å²) in [5.74, 6) is 1.07. The first-order valence-corrected chi connectivity index (χ1v) is 9.12. The molecule has 0 aromatic carbocycles. The standard InChI is InChI=1S/C18H32N2O.ClH/c1-3-7-18(2)8-4-9-20(13-18)17(21)12-14-10-15-5-6-16(11-14)19-15;/h14-16,19H,3-13H2,1-2H3;1H. The molecule has 3 saturated heterocycles. The Labute approximate surface area is 142 Å². The second kappa shape index (κ2) is 7.53. The Balaban J connectivity index is 0.00000176. The van der Waals surface area contributed by atoms with Gasteiger partial charge in [0, 0.05) is 31.6 Å². The molecule has 3 nitrogen and oxygen atoms in total. The highest BCUT2D eigenvalue weighted by Crippen LogP contribution is 2.36. The van der Waals surface area contributed by atoms with Gasteiger partial charge in [0.15, 0.2) is 0 Å². The van der Waals surface area contributed by atoms with E-state index in [1.54, 1.807) is 0 Å². The van der Waals surface area contributed by atoms with E-state index in [0.717, 1.165) is 19.5 Å². The summed E-state index contributed by atoms with van der Waals surface area (Å²) < 4.78 is 0. The van der Waals surface area contributed by atoms with Gasteiger partial charge < -0.3 is 10.2 Å². The van der Waals surface area contributed by atoms with E-state index in [1.165, 1.54) is 51.4 Å². The molecule has 3 unspecified atom stereocenters. The minimum absolute atomic E-state index is 0. The molecule has 0 aromatic heterocycles. The van der Waals surface area contributed by atoms with E-state index < -0.39 is 0 Å². The Bertz CT molecular complexity index is 373. The number of carbonyl (C=O) groups is 1. The van der Waals surface area contributed by atoms with Crippen LogP contribution in [0.5, 0.6) is 0 Å². The van der Waals surface area contributed by atoms with Crippen molar-refractivity contribution in [1.29, 1.82) is 0 Å². The van der Waals surface area contributed by atoms with Gasteiger partial charge in [-0.3, -0.25) is 4.79 Å². The van der Waals surface area contributed by atoms with Crippen molar-refractivity contribution in [3.05, 3.63) is 0 Å². The molecule has 22 heavy (non-hydrogen) atoms. The van der Waals surface area contributed by atoms with Crippen LogP contribution in [0.25, 0.3) is 0 Å². The summed E-state index contributed by atoms with van der Waals surface area (Å²) in [6.45, 7) is 6.63. The van der Waals surface area contributed by atoms with Crippen LogP contribution >= 0.6 is 12.4 Å². The third-order valence-electron chi connectivity index (χ3n) is 6.02. The van der Waals surface area contributed by atoms with Gasteiger partial charge >= 0.3 is 0 Å². The lowest BCUT2D eigenvalue weighted by Crippen LogP contribution is -2.46. The maximum atomic E-state index is 12.7. The molecule has 0 aromatic rings. The minimum atomic E-state index is 0. The number of halogens is 1. The molecular weight excluding hydrogens is 296 g/mol. The fourth-order valence-corrected chi connectivity index (χ4v) is 5.05. The van der Waals surface area contributed by atoms with Crippen molar-refractivity contribution in [2.24, 2.45) is 11.3 Å². The van der Waals surface area contributed by atoms with Gasteiger partial charge in [0.25, 0.3) is 0 Å². The van der Waals surface area contributed by atoms with Gasteiger partial charge in [-0.15, -0.1) is 12.4 Å². The van der Waals surface area contributed by atoms with Crippen molar-refractivity contribution in [1.82, 2.24) is 10.2 Å². The van der Waals surface area contributed by atoms with Gasteiger partial charge in [-0.05, 0) is 56.3 Å². The normalized spacial score (nSPS) is 37.7. The van der Waals surface area contributed by atoms with Crippen LogP contribution in [0.3, 0.4) is 0 Å². The molecule has 0 saturated carbocycles. The van der Waals surface area contributed by atoms with Crippen LogP contribution in [0.2, 0.25) is 0 Å². The molecule has 2 bridgehead atoms. The van der Waals surface area contributed by atoms with Gasteiger partial charge in [-0.1, -0.05) is 20.3 Å². The van der Waals surface area contributed by atoms with Gasteiger partial charge in [0.1, 0.15) is 0 Å². The topological polar surface area (TPSA) is 32.3 Å². The molecule has 3 rings (SSSR count). The molecule has 3 aliphatic rings. The Hall–Kier alpha value is -0.280. The number of carbonyl (C=O) groups excluding carboxylic acids is 1. The van der Waals surface area contributed by atoms with Gasteiger partial charge in [-0.25, -0.2) is 0 Å². The van der Waals surface area contributed by atoms with Crippen molar-refractivity contribution in [3.8, 4) is 0 Å². The maximum Gasteiger partial charge on any atom is 0.222 e. The van der Waals surface area contributed by atoms with E-state index in [2.05, 4.69) is 24.1 Å². The average molecular weight is 329 g/mol. The lowest BCUT2D eigenvalue weighted by molar-refractivity contribution is -0.136. The first kappa shape index (κ1) is 18.1. The van der Waals surface area contributed by atoms with Crippen LogP contribution in [0, 0.1) is 11.3 Å². The smallest absolute Gasteiger partial charge is 0.222 e. The van der Waals surface area contributed by atoms with Gasteiger partial charge in [0.05, 0.1) is 0 Å². The van der Waals surface area contributed by atoms with E-state index in [1.807, 2.05) is 0 Å². The number of hydrogen-bond donors (Lipinski definition) is 1. The summed E-state index contributed by atoms with van der Waals surface area (Å²) in [7, 11) is 0. The average Bonchev–Trinajstić information content (AvgIpc) is 2.78. The molecule has 3 aliphatic heterocycles. The summed E-state index contributed by atoms with van der Waals surface area (Å²) >= 11 is 0. The van der Waals surface area contributed by atoms with Crippen LogP contribution in [-0.2, 0) is 4.79 Å². The number of nitrogens with one attached hydrogen (secondary N) is 1. The lowest BCUT2D eigenvalue weighted by atomic mass is 9.78. The Morgan fingerprint density at radius 1 is 1.27 bits per heavy atom. The SMILES string of the molecule is CCCC1(C)CCCN(C(=O)CC2CC3CCC(C2)N3)C1.Cl. The molecule has 128 valence electrons. The molecule has 4 heteroatoms. The van der Waals surface area contributed by atoms with Crippen LogP contribution in [0.15, 0.2) is 0 Å². The van der Waals surface area contributed by atoms with Crippen LogP contribution in [-0.4, -0.2) is 36.0 Å². The Morgan fingerprint density at radius 2 is 1.95 bits per heavy atom. The van der Waals surface area contributed by atoms with E-state index >= 15 is 0 Å². The van der Waals surface area contributed by atoms with E-state index in [9.17, 15) is 4.79 Å². The summed E-state index contributed by atoms with van der Waals surface area (Å²) in [5.41, 5.74) is 0.371. The van der Waals surface area contributed by atoms with Crippen molar-refractivity contribution in [2.75, 3.05) is 13.1 Å². The first-order valence-electron chi connectivity index (χ1n) is 9.12. The van der Waals surface area contributed by atoms with Crippen molar-refractivity contribution in [3.63, 3.8) is 0 Å². The molecule has 3 atom stereocenters. The highest BCUT2D eigenvalue weighted by atomic mass is 35.5. The van der Waals surface area contributed by atoms with Gasteiger partial charge in [0.2, 0.25) is 5.91 Å². The van der Waals surface area contributed by atoms with E-state index in [4.69, 9.17) is 0 Å². The van der Waals surface area contributed by atoms with Crippen LogP contribution in [0.4, 0.5) is 0 Å². The predicted molar refractivity (Wildman–Crippen MR) is 93.4 cm³/mol. The number of piperidine rings is 2. The summed E-state index contributed by atoms with van der Waals surface area (Å²) in [5, 5.41) is 3.68. The minimum Gasteiger partial charge on any atom is -0.342 e. The molecule has 1 amide bonds. The fraction of sp³-hybridized carbons (Fsp3) is 0.944. The number of hydrogen-bond acceptors (Lipinski definition) is 2. The number of nitrogens with zero attached hydrogens (tertiary/aromatic N) is 1. The predicted octanol–water partition coefficient (Wildman–Crippen LogP) is 3.76. The number of amides is 1. The highest BCUT2D eigenvalue weighted by molar-refractivity contribution is 5.85. The van der Waals surface area contributed by atoms with Crippen LogP contribution < -0.4 is 5.32 Å². The summed E-state index contributed by atoms with van der Waals surface area (Å²) in [4.78, 5) is 14.9. The Morgan fingerprint density at radius 3 is 2.59 bits per heavy atom. The lowest BCUT2D eigenvalue weighted by Gasteiger charge is -2.41. The number of fused-ring (bicyclic) bond motifs is 2. The molecule has 3 heterocycles. The zero-order valence-electron chi connectivity index (χ0n) is 14.3. The van der Waals surface area contributed by atoms with Crippen molar-refractivity contribution < 1.29 is 4.79 Å². The molecule has 1 N–H and O–H groups in total. The summed E-state index contributed by atoms with van der Waals surface area (Å²) in [6.07, 6.45) is 10.9. The molecule has 3 fully saturated rings. The second-order valence-corrected chi connectivity index (χ2v) is 8.16. The molecule has 0 aliphatic carbocycles.